The highest BCUT2D eigenvalue weighted by Gasteiger charge is 2.40. The van der Waals surface area contributed by atoms with E-state index in [0.717, 1.165) is 19.6 Å². The van der Waals surface area contributed by atoms with E-state index in [1.165, 1.54) is 5.56 Å². The van der Waals surface area contributed by atoms with E-state index in [4.69, 9.17) is 4.74 Å². The maximum Gasteiger partial charge on any atom is 0.142 e. The number of carbonyl (C=O) groups is 1. The predicted molar refractivity (Wildman–Crippen MR) is 64.6 cm³/mol. The van der Waals surface area contributed by atoms with Crippen molar-refractivity contribution in [2.24, 2.45) is 5.92 Å². The largest absolute Gasteiger partial charge is 0.376 e. The number of fused-ring (bicyclic) bond motifs is 1. The van der Waals surface area contributed by atoms with E-state index in [-0.39, 0.29) is 12.0 Å². The van der Waals surface area contributed by atoms with Crippen LogP contribution in [0.3, 0.4) is 0 Å². The van der Waals surface area contributed by atoms with Gasteiger partial charge in [-0.05, 0) is 5.56 Å². The fourth-order valence-corrected chi connectivity index (χ4v) is 2.80. The van der Waals surface area contributed by atoms with Crippen LogP contribution in [0.15, 0.2) is 30.3 Å². The molecule has 0 aliphatic carbocycles. The van der Waals surface area contributed by atoms with Gasteiger partial charge >= 0.3 is 0 Å². The number of hydrogen-bond acceptors (Lipinski definition) is 3. The van der Waals surface area contributed by atoms with Gasteiger partial charge in [-0.25, -0.2) is 0 Å². The summed E-state index contributed by atoms with van der Waals surface area (Å²) < 4.78 is 5.68. The van der Waals surface area contributed by atoms with Gasteiger partial charge in [0.15, 0.2) is 0 Å². The molecule has 90 valence electrons. The number of rotatable bonds is 2. The van der Waals surface area contributed by atoms with Crippen LogP contribution in [0.4, 0.5) is 0 Å². The third-order valence-electron chi connectivity index (χ3n) is 3.68. The van der Waals surface area contributed by atoms with Crippen molar-refractivity contribution in [1.29, 1.82) is 0 Å². The van der Waals surface area contributed by atoms with Crippen LogP contribution in [-0.2, 0) is 16.1 Å². The number of ether oxygens (including phenoxy) is 1. The van der Waals surface area contributed by atoms with Gasteiger partial charge < -0.3 is 4.74 Å². The van der Waals surface area contributed by atoms with Crippen LogP contribution in [0, 0.1) is 5.92 Å². The zero-order valence-electron chi connectivity index (χ0n) is 9.84. The molecule has 2 unspecified atom stereocenters. The summed E-state index contributed by atoms with van der Waals surface area (Å²) in [6, 6.07) is 10.4. The van der Waals surface area contributed by atoms with Crippen molar-refractivity contribution in [3.63, 3.8) is 0 Å². The lowest BCUT2D eigenvalue weighted by molar-refractivity contribution is -0.133. The molecular weight excluding hydrogens is 214 g/mol. The summed E-state index contributed by atoms with van der Waals surface area (Å²) in [6.45, 7) is 3.29. The molecule has 2 saturated heterocycles. The highest BCUT2D eigenvalue weighted by molar-refractivity contribution is 5.82. The van der Waals surface area contributed by atoms with Gasteiger partial charge in [-0.15, -0.1) is 0 Å². The average molecular weight is 231 g/mol. The van der Waals surface area contributed by atoms with Crippen LogP contribution in [-0.4, -0.2) is 36.5 Å². The second kappa shape index (κ2) is 4.59. The molecule has 3 nitrogen and oxygen atoms in total. The van der Waals surface area contributed by atoms with E-state index >= 15 is 0 Å². The number of nitrogens with zero attached hydrogens (tertiary/aromatic N) is 1. The maximum atomic E-state index is 11.8. The Labute approximate surface area is 101 Å². The Hall–Kier alpha value is -1.19. The normalized spacial score (nSPS) is 29.3. The molecule has 2 aliphatic rings. The SMILES string of the molecule is O=C1CCOC2CN(Cc3ccccc3)CC12. The quantitative estimate of drug-likeness (QED) is 0.772. The summed E-state index contributed by atoms with van der Waals surface area (Å²) in [5.41, 5.74) is 1.30. The first kappa shape index (κ1) is 10.9. The summed E-state index contributed by atoms with van der Waals surface area (Å²) >= 11 is 0. The maximum absolute atomic E-state index is 11.8. The van der Waals surface area contributed by atoms with Crippen LogP contribution in [0.5, 0.6) is 0 Å². The summed E-state index contributed by atoms with van der Waals surface area (Å²) in [7, 11) is 0. The standard InChI is InChI=1S/C14H17NO2/c16-13-6-7-17-14-10-15(9-12(13)14)8-11-4-2-1-3-5-11/h1-5,12,14H,6-10H2. The minimum Gasteiger partial charge on any atom is -0.376 e. The van der Waals surface area contributed by atoms with Gasteiger partial charge in [0.2, 0.25) is 0 Å². The number of benzene rings is 1. The Morgan fingerprint density at radius 1 is 1.24 bits per heavy atom. The fraction of sp³-hybridized carbons (Fsp3) is 0.500. The molecule has 2 fully saturated rings. The molecule has 0 amide bonds. The minimum atomic E-state index is 0.118. The fourth-order valence-electron chi connectivity index (χ4n) is 2.80. The van der Waals surface area contributed by atoms with E-state index in [9.17, 15) is 4.79 Å². The zero-order valence-corrected chi connectivity index (χ0v) is 9.84. The summed E-state index contributed by atoms with van der Waals surface area (Å²) in [5, 5.41) is 0. The number of carbonyl (C=O) groups excluding carboxylic acids is 1. The average Bonchev–Trinajstić information content (AvgIpc) is 2.74. The van der Waals surface area contributed by atoms with E-state index in [1.54, 1.807) is 0 Å². The van der Waals surface area contributed by atoms with Crippen molar-refractivity contribution in [2.45, 2.75) is 19.1 Å². The first-order chi connectivity index (χ1) is 8.33. The van der Waals surface area contributed by atoms with Gasteiger partial charge in [0.25, 0.3) is 0 Å². The predicted octanol–water partition coefficient (Wildman–Crippen LogP) is 1.48. The Kier molecular flexibility index (Phi) is 2.95. The number of ketones is 1. The van der Waals surface area contributed by atoms with Crippen molar-refractivity contribution in [2.75, 3.05) is 19.7 Å². The van der Waals surface area contributed by atoms with Crippen LogP contribution in [0.2, 0.25) is 0 Å². The zero-order chi connectivity index (χ0) is 11.7. The highest BCUT2D eigenvalue weighted by Crippen LogP contribution is 2.26. The molecule has 3 heteroatoms. The molecule has 0 bridgehead atoms. The molecule has 3 rings (SSSR count). The molecule has 17 heavy (non-hydrogen) atoms. The first-order valence-electron chi connectivity index (χ1n) is 6.23. The summed E-state index contributed by atoms with van der Waals surface area (Å²) in [4.78, 5) is 14.1. The van der Waals surface area contributed by atoms with E-state index in [0.29, 0.717) is 18.8 Å². The van der Waals surface area contributed by atoms with Gasteiger partial charge in [0, 0.05) is 26.1 Å². The molecule has 0 saturated carbocycles. The lowest BCUT2D eigenvalue weighted by atomic mass is 9.96. The first-order valence-corrected chi connectivity index (χ1v) is 6.23. The van der Waals surface area contributed by atoms with Crippen molar-refractivity contribution >= 4 is 5.78 Å². The molecule has 0 spiro atoms. The van der Waals surface area contributed by atoms with Gasteiger partial charge in [-0.2, -0.15) is 0 Å². The van der Waals surface area contributed by atoms with Crippen molar-refractivity contribution in [3.05, 3.63) is 35.9 Å². The number of hydrogen-bond donors (Lipinski definition) is 0. The monoisotopic (exact) mass is 231 g/mol. The van der Waals surface area contributed by atoms with Crippen LogP contribution in [0.1, 0.15) is 12.0 Å². The smallest absolute Gasteiger partial charge is 0.142 e. The third kappa shape index (κ3) is 2.26. The van der Waals surface area contributed by atoms with Gasteiger partial charge in [0.05, 0.1) is 18.6 Å². The van der Waals surface area contributed by atoms with Crippen molar-refractivity contribution < 1.29 is 9.53 Å². The van der Waals surface area contributed by atoms with E-state index < -0.39 is 0 Å². The molecule has 0 aromatic heterocycles. The lowest BCUT2D eigenvalue weighted by Gasteiger charge is -2.22. The lowest BCUT2D eigenvalue weighted by Crippen LogP contribution is -2.35. The second-order valence-electron chi connectivity index (χ2n) is 4.91. The van der Waals surface area contributed by atoms with Gasteiger partial charge in [-0.1, -0.05) is 30.3 Å². The summed E-state index contributed by atoms with van der Waals surface area (Å²) in [5.74, 6) is 0.504. The molecule has 0 radical (unpaired) electrons. The van der Waals surface area contributed by atoms with Crippen molar-refractivity contribution in [3.8, 4) is 0 Å². The van der Waals surface area contributed by atoms with Crippen LogP contribution < -0.4 is 0 Å². The number of Topliss-reactive ketones (excluding diaryl/α,β-unsaturated/α-hetero) is 1. The molecular formula is C14H17NO2. The Bertz CT molecular complexity index is 404. The van der Waals surface area contributed by atoms with Gasteiger partial charge in [-0.3, -0.25) is 9.69 Å². The topological polar surface area (TPSA) is 29.5 Å². The Balaban J connectivity index is 1.66. The molecule has 1 aromatic carbocycles. The Morgan fingerprint density at radius 2 is 2.06 bits per heavy atom. The van der Waals surface area contributed by atoms with Crippen molar-refractivity contribution in [1.82, 2.24) is 4.90 Å². The molecule has 2 atom stereocenters. The molecule has 1 aromatic rings. The second-order valence-corrected chi connectivity index (χ2v) is 4.91. The molecule has 2 aliphatic heterocycles. The van der Waals surface area contributed by atoms with Crippen LogP contribution in [0.25, 0.3) is 0 Å². The number of likely N-dealkylation sites (tertiary alicyclic amines) is 1. The van der Waals surface area contributed by atoms with Crippen LogP contribution >= 0.6 is 0 Å². The molecule has 2 heterocycles. The minimum absolute atomic E-state index is 0.118. The Morgan fingerprint density at radius 3 is 2.82 bits per heavy atom. The van der Waals surface area contributed by atoms with E-state index in [2.05, 4.69) is 29.2 Å². The van der Waals surface area contributed by atoms with E-state index in [1.807, 2.05) is 6.07 Å². The third-order valence-corrected chi connectivity index (χ3v) is 3.68. The molecule has 0 N–H and O–H groups in total. The van der Waals surface area contributed by atoms with Gasteiger partial charge in [0.1, 0.15) is 5.78 Å². The highest BCUT2D eigenvalue weighted by atomic mass is 16.5. The summed E-state index contributed by atoms with van der Waals surface area (Å²) in [6.07, 6.45) is 0.736.